The number of hydrogen-bond donors (Lipinski definition) is 1. The van der Waals surface area contributed by atoms with Crippen LogP contribution in [-0.4, -0.2) is 44.3 Å². The van der Waals surface area contributed by atoms with E-state index >= 15 is 0 Å². The van der Waals surface area contributed by atoms with E-state index in [0.717, 1.165) is 9.87 Å². The number of halogens is 2. The fraction of sp³-hybridized carbons (Fsp3) is 0.259. The van der Waals surface area contributed by atoms with Crippen molar-refractivity contribution in [2.24, 2.45) is 0 Å². The van der Waals surface area contributed by atoms with Gasteiger partial charge in [0.25, 0.3) is 10.0 Å². The number of carbonyl (C=O) groups excluding carboxylic acids is 2. The average molecular weight is 546 g/mol. The summed E-state index contributed by atoms with van der Waals surface area (Å²) in [6.45, 7) is 4.57. The normalized spacial score (nSPS) is 12.0. The molecule has 0 fully saturated rings. The van der Waals surface area contributed by atoms with E-state index < -0.39 is 40.2 Å². The van der Waals surface area contributed by atoms with Crippen LogP contribution in [0.15, 0.2) is 77.7 Å². The molecule has 1 atom stereocenters. The molecular weight excluding hydrogens is 517 g/mol. The lowest BCUT2D eigenvalue weighted by atomic mass is 10.1. The van der Waals surface area contributed by atoms with Gasteiger partial charge in [0.15, 0.2) is 0 Å². The van der Waals surface area contributed by atoms with Gasteiger partial charge in [-0.1, -0.05) is 53.6 Å². The molecule has 0 saturated heterocycles. The molecule has 0 aliphatic carbocycles. The minimum Gasteiger partial charge on any atom is -0.355 e. The second-order valence-electron chi connectivity index (χ2n) is 8.49. The van der Waals surface area contributed by atoms with Crippen LogP contribution in [0, 0.1) is 12.7 Å². The lowest BCUT2D eigenvalue weighted by Gasteiger charge is -2.32. The molecule has 37 heavy (non-hydrogen) atoms. The van der Waals surface area contributed by atoms with Gasteiger partial charge in [0.1, 0.15) is 18.4 Å². The third-order valence-corrected chi connectivity index (χ3v) is 7.82. The Morgan fingerprint density at radius 3 is 2.32 bits per heavy atom. The number of nitrogens with zero attached hydrogens (tertiary/aromatic N) is 2. The number of amides is 2. The summed E-state index contributed by atoms with van der Waals surface area (Å²) in [5, 5.41) is 2.94. The molecule has 0 aromatic heterocycles. The zero-order valence-electron chi connectivity index (χ0n) is 20.8. The summed E-state index contributed by atoms with van der Waals surface area (Å²) >= 11 is 6.14. The number of anilines is 1. The summed E-state index contributed by atoms with van der Waals surface area (Å²) in [5.74, 6) is -1.66. The smallest absolute Gasteiger partial charge is 0.264 e. The maximum absolute atomic E-state index is 14.5. The molecule has 1 N–H and O–H groups in total. The summed E-state index contributed by atoms with van der Waals surface area (Å²) < 4.78 is 42.8. The topological polar surface area (TPSA) is 86.8 Å². The summed E-state index contributed by atoms with van der Waals surface area (Å²) in [6.07, 6.45) is 0. The van der Waals surface area contributed by atoms with Crippen molar-refractivity contribution >= 4 is 39.1 Å². The van der Waals surface area contributed by atoms with Crippen LogP contribution in [0.25, 0.3) is 0 Å². The van der Waals surface area contributed by atoms with Crippen LogP contribution in [0.4, 0.5) is 10.1 Å². The third-order valence-electron chi connectivity index (χ3n) is 5.80. The van der Waals surface area contributed by atoms with E-state index in [-0.39, 0.29) is 27.7 Å². The number of rotatable bonds is 10. The highest BCUT2D eigenvalue weighted by Crippen LogP contribution is 2.27. The van der Waals surface area contributed by atoms with Crippen molar-refractivity contribution in [1.82, 2.24) is 10.2 Å². The summed E-state index contributed by atoms with van der Waals surface area (Å²) in [5.41, 5.74) is 1.25. The lowest BCUT2D eigenvalue weighted by Crippen LogP contribution is -2.51. The maximum Gasteiger partial charge on any atom is 0.264 e. The predicted octanol–water partition coefficient (Wildman–Crippen LogP) is 4.54. The van der Waals surface area contributed by atoms with Crippen LogP contribution >= 0.6 is 11.6 Å². The first-order chi connectivity index (χ1) is 17.5. The summed E-state index contributed by atoms with van der Waals surface area (Å²) in [4.78, 5) is 27.5. The molecule has 0 aliphatic rings. The first-order valence-electron chi connectivity index (χ1n) is 11.7. The molecule has 3 aromatic carbocycles. The van der Waals surface area contributed by atoms with Gasteiger partial charge in [-0.2, -0.15) is 0 Å². The minimum atomic E-state index is -4.20. The van der Waals surface area contributed by atoms with Crippen molar-refractivity contribution in [1.29, 1.82) is 0 Å². The number of hydrogen-bond acceptors (Lipinski definition) is 4. The van der Waals surface area contributed by atoms with E-state index in [0.29, 0.717) is 6.54 Å². The molecule has 0 spiro atoms. The van der Waals surface area contributed by atoms with E-state index in [1.807, 2.05) is 6.92 Å². The van der Waals surface area contributed by atoms with E-state index in [9.17, 15) is 22.4 Å². The Hall–Kier alpha value is -3.43. The number of benzene rings is 3. The molecule has 0 saturated carbocycles. The van der Waals surface area contributed by atoms with Gasteiger partial charge >= 0.3 is 0 Å². The molecule has 0 aliphatic heterocycles. The van der Waals surface area contributed by atoms with E-state index in [4.69, 9.17) is 11.6 Å². The predicted molar refractivity (Wildman–Crippen MR) is 142 cm³/mol. The molecule has 0 heterocycles. The van der Waals surface area contributed by atoms with Gasteiger partial charge in [-0.05, 0) is 57.2 Å². The van der Waals surface area contributed by atoms with Crippen molar-refractivity contribution < 1.29 is 22.4 Å². The Morgan fingerprint density at radius 1 is 1.03 bits per heavy atom. The van der Waals surface area contributed by atoms with Gasteiger partial charge in [-0.3, -0.25) is 13.9 Å². The molecular formula is C27H29ClFN3O4S. The molecule has 7 nitrogen and oxygen atoms in total. The highest BCUT2D eigenvalue weighted by Gasteiger charge is 2.32. The quantitative estimate of drug-likeness (QED) is 0.405. The fourth-order valence-electron chi connectivity index (χ4n) is 3.71. The molecule has 0 radical (unpaired) electrons. The second kappa shape index (κ2) is 12.2. The molecule has 2 amide bonds. The monoisotopic (exact) mass is 545 g/mol. The Kier molecular flexibility index (Phi) is 9.29. The number of carbonyl (C=O) groups is 2. The van der Waals surface area contributed by atoms with E-state index in [1.54, 1.807) is 37.3 Å². The highest BCUT2D eigenvalue weighted by molar-refractivity contribution is 7.92. The number of nitrogens with one attached hydrogen (secondary N) is 1. The third kappa shape index (κ3) is 6.87. The van der Waals surface area contributed by atoms with Crippen LogP contribution in [0.2, 0.25) is 5.02 Å². The Bertz CT molecular complexity index is 1370. The van der Waals surface area contributed by atoms with Crippen molar-refractivity contribution in [2.75, 3.05) is 17.4 Å². The minimum absolute atomic E-state index is 0.0108. The van der Waals surface area contributed by atoms with E-state index in [2.05, 4.69) is 5.32 Å². The van der Waals surface area contributed by atoms with Crippen molar-refractivity contribution in [3.63, 3.8) is 0 Å². The van der Waals surface area contributed by atoms with Gasteiger partial charge in [0.2, 0.25) is 11.8 Å². The summed E-state index contributed by atoms with van der Waals surface area (Å²) in [7, 11) is -4.20. The number of likely N-dealkylation sites (N-methyl/N-ethyl adjacent to an activating group) is 1. The van der Waals surface area contributed by atoms with Crippen LogP contribution in [0.3, 0.4) is 0 Å². The van der Waals surface area contributed by atoms with Crippen LogP contribution in [0.1, 0.15) is 25.0 Å². The Labute approximate surface area is 221 Å². The molecule has 0 bridgehead atoms. The van der Waals surface area contributed by atoms with Gasteiger partial charge in [0.05, 0.1) is 10.6 Å². The van der Waals surface area contributed by atoms with Crippen LogP contribution < -0.4 is 9.62 Å². The van der Waals surface area contributed by atoms with Gasteiger partial charge in [-0.15, -0.1) is 0 Å². The van der Waals surface area contributed by atoms with Crippen molar-refractivity contribution in [3.05, 3.63) is 94.8 Å². The van der Waals surface area contributed by atoms with Crippen LogP contribution in [-0.2, 0) is 26.2 Å². The average Bonchev–Trinajstić information content (AvgIpc) is 2.86. The van der Waals surface area contributed by atoms with Crippen molar-refractivity contribution in [2.45, 2.75) is 38.3 Å². The van der Waals surface area contributed by atoms with Crippen LogP contribution in [0.5, 0.6) is 0 Å². The SMILES string of the molecule is CCNC(=O)[C@@H](C)N(Cc1ccccc1F)C(=O)CN(c1cccc(Cl)c1)S(=O)(=O)c1ccc(C)cc1. The molecule has 10 heteroatoms. The van der Waals surface area contributed by atoms with Gasteiger partial charge in [0, 0.05) is 23.7 Å². The second-order valence-corrected chi connectivity index (χ2v) is 10.8. The Morgan fingerprint density at radius 2 is 1.70 bits per heavy atom. The van der Waals surface area contributed by atoms with Gasteiger partial charge < -0.3 is 10.2 Å². The van der Waals surface area contributed by atoms with Gasteiger partial charge in [-0.25, -0.2) is 12.8 Å². The first kappa shape index (κ1) is 28.1. The number of sulfonamides is 1. The highest BCUT2D eigenvalue weighted by atomic mass is 35.5. The fourth-order valence-corrected chi connectivity index (χ4v) is 5.30. The summed E-state index contributed by atoms with van der Waals surface area (Å²) in [6, 6.07) is 17.3. The Balaban J connectivity index is 2.04. The lowest BCUT2D eigenvalue weighted by molar-refractivity contribution is -0.139. The van der Waals surface area contributed by atoms with E-state index in [1.165, 1.54) is 54.3 Å². The zero-order chi connectivity index (χ0) is 27.2. The molecule has 0 unspecified atom stereocenters. The number of aryl methyl sites for hydroxylation is 1. The zero-order valence-corrected chi connectivity index (χ0v) is 22.4. The molecule has 3 aromatic rings. The molecule has 3 rings (SSSR count). The standard InChI is InChI=1S/C27H29ClFN3O4S/c1-4-30-27(34)20(3)31(17-21-8-5-6-11-25(21)29)26(33)18-32(23-10-7-9-22(28)16-23)37(35,36)24-14-12-19(2)13-15-24/h5-16,20H,4,17-18H2,1-3H3,(H,30,34)/t20-/m1/s1. The maximum atomic E-state index is 14.5. The largest absolute Gasteiger partial charge is 0.355 e. The molecule has 196 valence electrons. The first-order valence-corrected chi connectivity index (χ1v) is 13.5. The van der Waals surface area contributed by atoms with Crippen molar-refractivity contribution in [3.8, 4) is 0 Å².